The molecule has 1 aliphatic heterocycles. The number of ketones is 2. The minimum absolute atomic E-state index is 0.0723. The quantitative estimate of drug-likeness (QED) is 0.722. The largest absolute Gasteiger partial charge is 0.454 e. The highest BCUT2D eigenvalue weighted by atomic mass is 16.7. The van der Waals surface area contributed by atoms with E-state index in [0.29, 0.717) is 17.1 Å². The molecular formula is C22H23NO6. The lowest BCUT2D eigenvalue weighted by Crippen LogP contribution is -2.59. The van der Waals surface area contributed by atoms with Crippen LogP contribution in [0.2, 0.25) is 0 Å². The summed E-state index contributed by atoms with van der Waals surface area (Å²) < 4.78 is 10.7. The molecule has 0 fully saturated rings. The van der Waals surface area contributed by atoms with Crippen molar-refractivity contribution in [2.75, 3.05) is 20.4 Å². The van der Waals surface area contributed by atoms with Gasteiger partial charge in [-0.3, -0.25) is 14.4 Å². The Morgan fingerprint density at radius 3 is 2.24 bits per heavy atom. The summed E-state index contributed by atoms with van der Waals surface area (Å²) in [5.41, 5.74) is 0.401. The molecule has 0 radical (unpaired) electrons. The van der Waals surface area contributed by atoms with Crippen LogP contribution in [0.4, 0.5) is 0 Å². The molecule has 7 nitrogen and oxygen atoms in total. The van der Waals surface area contributed by atoms with E-state index >= 15 is 0 Å². The first-order valence-corrected chi connectivity index (χ1v) is 9.28. The van der Waals surface area contributed by atoms with E-state index in [1.165, 1.54) is 14.0 Å². The van der Waals surface area contributed by atoms with Gasteiger partial charge in [0.2, 0.25) is 6.79 Å². The van der Waals surface area contributed by atoms with E-state index in [1.54, 1.807) is 31.2 Å². The Morgan fingerprint density at radius 1 is 1.00 bits per heavy atom. The van der Waals surface area contributed by atoms with Crippen LogP contribution in [0.25, 0.3) is 11.1 Å². The molecular weight excluding hydrogens is 374 g/mol. The number of hydrogen-bond acceptors (Lipinski definition) is 6. The van der Waals surface area contributed by atoms with Crippen molar-refractivity contribution in [1.29, 1.82) is 0 Å². The van der Waals surface area contributed by atoms with Gasteiger partial charge in [-0.05, 0) is 42.3 Å². The van der Waals surface area contributed by atoms with Crippen molar-refractivity contribution in [2.24, 2.45) is 0 Å². The van der Waals surface area contributed by atoms with Gasteiger partial charge in [0.25, 0.3) is 5.91 Å². The molecule has 0 bridgehead atoms. The number of carbonyl (C=O) groups excluding carboxylic acids is 3. The predicted octanol–water partition coefficient (Wildman–Crippen LogP) is 2.45. The predicted molar refractivity (Wildman–Crippen MR) is 106 cm³/mol. The van der Waals surface area contributed by atoms with Crippen LogP contribution in [0.5, 0.6) is 11.5 Å². The molecule has 1 heterocycles. The fourth-order valence-corrected chi connectivity index (χ4v) is 3.31. The first-order valence-electron chi connectivity index (χ1n) is 9.28. The minimum Gasteiger partial charge on any atom is -0.454 e. The molecule has 7 heteroatoms. The summed E-state index contributed by atoms with van der Waals surface area (Å²) in [4.78, 5) is 38.7. The molecule has 0 aliphatic carbocycles. The number of fused-ring (bicyclic) bond motifs is 1. The first kappa shape index (κ1) is 20.5. The number of carbonyl (C=O) groups is 3. The third-order valence-corrected chi connectivity index (χ3v) is 5.36. The molecule has 1 aliphatic rings. The van der Waals surface area contributed by atoms with Crippen LogP contribution in [-0.4, -0.2) is 53.5 Å². The zero-order chi connectivity index (χ0) is 21.2. The molecule has 1 amide bonds. The maximum atomic E-state index is 12.9. The van der Waals surface area contributed by atoms with E-state index in [1.807, 2.05) is 18.2 Å². The summed E-state index contributed by atoms with van der Waals surface area (Å²) in [6.07, 6.45) is 0.0723. The van der Waals surface area contributed by atoms with Crippen molar-refractivity contribution >= 4 is 17.5 Å². The molecule has 29 heavy (non-hydrogen) atoms. The Morgan fingerprint density at radius 2 is 1.62 bits per heavy atom. The molecule has 2 aromatic rings. The number of rotatable bonds is 7. The van der Waals surface area contributed by atoms with Gasteiger partial charge in [0.15, 0.2) is 28.6 Å². The van der Waals surface area contributed by atoms with Crippen LogP contribution in [0.15, 0.2) is 42.5 Å². The summed E-state index contributed by atoms with van der Waals surface area (Å²) in [7, 11) is 1.40. The molecule has 0 unspecified atom stereocenters. The first-order chi connectivity index (χ1) is 13.8. The second-order valence-electron chi connectivity index (χ2n) is 6.94. The highest BCUT2D eigenvalue weighted by Gasteiger charge is 2.45. The normalized spacial score (nSPS) is 14.2. The van der Waals surface area contributed by atoms with Gasteiger partial charge in [0.1, 0.15) is 6.61 Å². The van der Waals surface area contributed by atoms with Gasteiger partial charge in [-0.25, -0.2) is 0 Å². The second-order valence-corrected chi connectivity index (χ2v) is 6.94. The van der Waals surface area contributed by atoms with Gasteiger partial charge in [-0.1, -0.05) is 25.1 Å². The number of aliphatic hydroxyl groups excluding tert-OH is 1. The molecule has 3 rings (SSSR count). The average molecular weight is 397 g/mol. The SMILES string of the molecule is CCC(=O)[C@@](C)(C(=O)CO)N(C)C(=O)c1ccc(-c2ccc3c(c2)OCO3)cc1. The fourth-order valence-electron chi connectivity index (χ4n) is 3.31. The maximum absolute atomic E-state index is 12.9. The van der Waals surface area contributed by atoms with Crippen molar-refractivity contribution < 1.29 is 29.0 Å². The van der Waals surface area contributed by atoms with Crippen LogP contribution >= 0.6 is 0 Å². The second kappa shape index (κ2) is 8.05. The summed E-state index contributed by atoms with van der Waals surface area (Å²) >= 11 is 0. The Bertz CT molecular complexity index is 934. The molecule has 0 saturated heterocycles. The lowest BCUT2D eigenvalue weighted by molar-refractivity contribution is -0.141. The number of ether oxygens (including phenoxy) is 2. The van der Waals surface area contributed by atoms with Gasteiger partial charge in [0, 0.05) is 19.0 Å². The highest BCUT2D eigenvalue weighted by molar-refractivity contribution is 6.15. The van der Waals surface area contributed by atoms with Gasteiger partial charge >= 0.3 is 0 Å². The zero-order valence-electron chi connectivity index (χ0n) is 16.6. The zero-order valence-corrected chi connectivity index (χ0v) is 16.6. The molecule has 0 saturated carbocycles. The lowest BCUT2D eigenvalue weighted by Gasteiger charge is -2.35. The minimum atomic E-state index is -1.71. The van der Waals surface area contributed by atoms with Crippen LogP contribution < -0.4 is 9.47 Å². The van der Waals surface area contributed by atoms with Crippen LogP contribution in [-0.2, 0) is 9.59 Å². The third kappa shape index (κ3) is 3.61. The molecule has 152 valence electrons. The van der Waals surface area contributed by atoms with Crippen molar-refractivity contribution in [3.05, 3.63) is 48.0 Å². The van der Waals surface area contributed by atoms with Gasteiger partial charge in [-0.15, -0.1) is 0 Å². The van der Waals surface area contributed by atoms with E-state index in [4.69, 9.17) is 9.47 Å². The van der Waals surface area contributed by atoms with E-state index in [9.17, 15) is 19.5 Å². The smallest absolute Gasteiger partial charge is 0.254 e. The Balaban J connectivity index is 1.86. The summed E-state index contributed by atoms with van der Waals surface area (Å²) in [5.74, 6) is -0.260. The van der Waals surface area contributed by atoms with Gasteiger partial charge < -0.3 is 19.5 Å². The summed E-state index contributed by atoms with van der Waals surface area (Å²) in [6.45, 7) is 2.36. The average Bonchev–Trinajstić information content (AvgIpc) is 3.24. The Kier molecular flexibility index (Phi) is 5.70. The number of Topliss-reactive ketones (excluding diaryl/α,β-unsaturated/α-hetero) is 2. The number of hydrogen-bond donors (Lipinski definition) is 1. The Hall–Kier alpha value is -3.19. The van der Waals surface area contributed by atoms with E-state index < -0.39 is 29.6 Å². The van der Waals surface area contributed by atoms with Crippen molar-refractivity contribution in [3.63, 3.8) is 0 Å². The maximum Gasteiger partial charge on any atom is 0.254 e. The topological polar surface area (TPSA) is 93.1 Å². The molecule has 2 aromatic carbocycles. The number of nitrogens with zero attached hydrogens (tertiary/aromatic N) is 1. The highest BCUT2D eigenvalue weighted by Crippen LogP contribution is 2.36. The summed E-state index contributed by atoms with van der Waals surface area (Å²) in [5, 5.41) is 9.29. The molecule has 0 spiro atoms. The van der Waals surface area contributed by atoms with E-state index in [2.05, 4.69) is 0 Å². The van der Waals surface area contributed by atoms with E-state index in [-0.39, 0.29) is 13.2 Å². The monoisotopic (exact) mass is 397 g/mol. The fraction of sp³-hybridized carbons (Fsp3) is 0.318. The van der Waals surface area contributed by atoms with Crippen LogP contribution in [0.3, 0.4) is 0 Å². The van der Waals surface area contributed by atoms with Crippen molar-refractivity contribution in [1.82, 2.24) is 4.90 Å². The van der Waals surface area contributed by atoms with Gasteiger partial charge in [-0.2, -0.15) is 0 Å². The number of amides is 1. The van der Waals surface area contributed by atoms with Crippen molar-refractivity contribution in [3.8, 4) is 22.6 Å². The number of aliphatic hydroxyl groups is 1. The molecule has 1 N–H and O–H groups in total. The summed E-state index contributed by atoms with van der Waals surface area (Å²) in [6, 6.07) is 12.4. The van der Waals surface area contributed by atoms with Crippen molar-refractivity contribution in [2.45, 2.75) is 25.8 Å². The van der Waals surface area contributed by atoms with Crippen LogP contribution in [0.1, 0.15) is 30.6 Å². The molecule has 0 aromatic heterocycles. The van der Waals surface area contributed by atoms with Crippen LogP contribution in [0, 0.1) is 0 Å². The Labute approximate surface area is 168 Å². The number of benzene rings is 2. The molecule has 1 atom stereocenters. The van der Waals surface area contributed by atoms with Gasteiger partial charge in [0.05, 0.1) is 0 Å². The third-order valence-electron chi connectivity index (χ3n) is 5.36. The lowest BCUT2D eigenvalue weighted by atomic mass is 9.87. The number of likely N-dealkylation sites (N-methyl/N-ethyl adjacent to an activating group) is 1. The standard InChI is InChI=1S/C22H23NO6/c1-4-19(25)22(2,20(26)12-24)23(3)21(27)15-7-5-14(6-8-15)16-9-10-17-18(11-16)29-13-28-17/h5-11,24H,4,12-13H2,1-3H3/t22-/m0/s1. The van der Waals surface area contributed by atoms with E-state index in [0.717, 1.165) is 16.0 Å².